The molecule has 2 amide bonds. The number of nitrogens with zero attached hydrogens (tertiary/aromatic N) is 1. The Balaban J connectivity index is 1.68. The lowest BCUT2D eigenvalue weighted by Gasteiger charge is -2.38. The fourth-order valence-corrected chi connectivity index (χ4v) is 7.67. The van der Waals surface area contributed by atoms with Gasteiger partial charge in [0, 0.05) is 0 Å². The van der Waals surface area contributed by atoms with Gasteiger partial charge in [-0.1, -0.05) is 86.6 Å². The zero-order valence-electron chi connectivity index (χ0n) is 21.7. The Morgan fingerprint density at radius 2 is 1.11 bits per heavy atom. The lowest BCUT2D eigenvalue weighted by atomic mass is 9.60. The van der Waals surface area contributed by atoms with E-state index in [1.807, 2.05) is 107 Å². The van der Waals surface area contributed by atoms with E-state index in [0.717, 1.165) is 33.4 Å². The number of fused-ring (bicyclic) bond motifs is 5. The predicted octanol–water partition coefficient (Wildman–Crippen LogP) is 6.41. The number of amides is 2. The number of benzene rings is 3. The van der Waals surface area contributed by atoms with Crippen molar-refractivity contribution in [3.63, 3.8) is 0 Å². The first-order valence-electron chi connectivity index (χ1n) is 13.2. The summed E-state index contributed by atoms with van der Waals surface area (Å²) in [5.41, 5.74) is 4.25. The van der Waals surface area contributed by atoms with E-state index in [9.17, 15) is 14.4 Å². The van der Waals surface area contributed by atoms with Crippen LogP contribution in [-0.2, 0) is 14.4 Å². The van der Waals surface area contributed by atoms with Gasteiger partial charge in [-0.2, -0.15) is 0 Å². The minimum Gasteiger partial charge on any atom is -0.298 e. The summed E-state index contributed by atoms with van der Waals surface area (Å²) in [7, 11) is 0. The Bertz CT molecular complexity index is 1400. The van der Waals surface area contributed by atoms with Crippen LogP contribution in [0.25, 0.3) is 11.1 Å². The Labute approximate surface area is 218 Å². The van der Waals surface area contributed by atoms with Gasteiger partial charge in [0.1, 0.15) is 0 Å². The summed E-state index contributed by atoms with van der Waals surface area (Å²) >= 11 is 0. The third kappa shape index (κ3) is 2.71. The second-order valence-corrected chi connectivity index (χ2v) is 10.6. The Kier molecular flexibility index (Phi) is 5.17. The summed E-state index contributed by atoms with van der Waals surface area (Å²) in [4.78, 5) is 44.9. The summed E-state index contributed by atoms with van der Waals surface area (Å²) < 4.78 is 0. The molecular weight excluding hydrogens is 458 g/mol. The molecule has 2 aliphatic carbocycles. The summed E-state index contributed by atoms with van der Waals surface area (Å²) in [5, 5.41) is 0. The minimum atomic E-state index is -1.05. The van der Waals surface area contributed by atoms with Crippen LogP contribution in [-0.4, -0.2) is 17.6 Å². The van der Waals surface area contributed by atoms with E-state index in [1.165, 1.54) is 4.90 Å². The van der Waals surface area contributed by atoms with Gasteiger partial charge in [0.25, 0.3) is 0 Å². The molecule has 6 rings (SSSR count). The number of Topliss-reactive ketones (excluding diaryl/α,β-unsaturated/α-hetero) is 1. The number of carbonyl (C=O) groups is 3. The van der Waals surface area contributed by atoms with Crippen molar-refractivity contribution < 1.29 is 14.4 Å². The number of carbonyl (C=O) groups excluding carboxylic acids is 3. The number of ketones is 1. The second kappa shape index (κ2) is 8.11. The van der Waals surface area contributed by atoms with Gasteiger partial charge in [-0.3, -0.25) is 14.4 Å². The van der Waals surface area contributed by atoms with Crippen LogP contribution in [0.2, 0.25) is 0 Å². The van der Waals surface area contributed by atoms with Crippen molar-refractivity contribution in [2.75, 3.05) is 4.90 Å². The van der Waals surface area contributed by atoms with E-state index in [2.05, 4.69) is 0 Å². The average molecular weight is 490 g/mol. The molecule has 4 heteroatoms. The molecule has 3 aromatic carbocycles. The molecule has 4 nitrogen and oxygen atoms in total. The first-order valence-corrected chi connectivity index (χ1v) is 13.2. The normalized spacial score (nSPS) is 28.4. The maximum absolute atomic E-state index is 14.7. The smallest absolute Gasteiger partial charge is 0.239 e. The zero-order valence-corrected chi connectivity index (χ0v) is 21.7. The summed E-state index contributed by atoms with van der Waals surface area (Å²) in [6.07, 6.45) is 0.934. The number of imide groups is 1. The largest absolute Gasteiger partial charge is 0.298 e. The molecule has 3 aromatic rings. The van der Waals surface area contributed by atoms with Crippen molar-refractivity contribution in [3.05, 3.63) is 101 Å². The van der Waals surface area contributed by atoms with Crippen molar-refractivity contribution in [3.8, 4) is 0 Å². The van der Waals surface area contributed by atoms with Crippen LogP contribution in [0.5, 0.6) is 0 Å². The first kappa shape index (κ1) is 23.6. The number of hydrogen-bond acceptors (Lipinski definition) is 3. The van der Waals surface area contributed by atoms with Gasteiger partial charge in [0.2, 0.25) is 11.8 Å². The standard InChI is InChI=1S/C33H31NO3/c1-5-32-25(22-15-9-7-10-16-22)26(23-17-11-8-12-18-23)33(6-2,31(32)37)28-27(32)29(35)34(30(28)36)24-19-13-14-20(3)21(24)4/h7-19,27-28H,5-6H2,1-4H3/t27-,28-,32-,33-/m0/s1. The van der Waals surface area contributed by atoms with Crippen molar-refractivity contribution in [2.24, 2.45) is 22.7 Å². The van der Waals surface area contributed by atoms with Gasteiger partial charge in [-0.05, 0) is 66.2 Å². The van der Waals surface area contributed by atoms with Crippen LogP contribution in [0.15, 0.2) is 78.9 Å². The van der Waals surface area contributed by atoms with Crippen molar-refractivity contribution in [2.45, 2.75) is 40.5 Å². The topological polar surface area (TPSA) is 54.5 Å². The van der Waals surface area contributed by atoms with E-state index >= 15 is 0 Å². The van der Waals surface area contributed by atoms with Crippen LogP contribution in [0.1, 0.15) is 48.9 Å². The van der Waals surface area contributed by atoms with Crippen LogP contribution in [0.3, 0.4) is 0 Å². The van der Waals surface area contributed by atoms with Gasteiger partial charge in [-0.25, -0.2) is 4.90 Å². The lowest BCUT2D eigenvalue weighted by molar-refractivity contribution is -0.134. The lowest BCUT2D eigenvalue weighted by Crippen LogP contribution is -2.42. The molecule has 0 aromatic heterocycles. The Morgan fingerprint density at radius 1 is 0.649 bits per heavy atom. The summed E-state index contributed by atoms with van der Waals surface area (Å²) in [5.74, 6) is -1.86. The molecule has 0 spiro atoms. The third-order valence-electron chi connectivity index (χ3n) is 9.38. The van der Waals surface area contributed by atoms with Crippen LogP contribution in [0.4, 0.5) is 5.69 Å². The number of anilines is 1. The molecule has 1 saturated heterocycles. The van der Waals surface area contributed by atoms with Crippen LogP contribution >= 0.6 is 0 Å². The van der Waals surface area contributed by atoms with Crippen LogP contribution in [0, 0.1) is 36.5 Å². The van der Waals surface area contributed by atoms with Gasteiger partial charge >= 0.3 is 0 Å². The van der Waals surface area contributed by atoms with E-state index in [4.69, 9.17) is 0 Å². The van der Waals surface area contributed by atoms with Gasteiger partial charge in [0.05, 0.1) is 28.4 Å². The number of rotatable bonds is 5. The van der Waals surface area contributed by atoms with Crippen molar-refractivity contribution in [1.82, 2.24) is 0 Å². The molecule has 0 unspecified atom stereocenters. The molecular formula is C33H31NO3. The van der Waals surface area contributed by atoms with E-state index in [-0.39, 0.29) is 17.6 Å². The van der Waals surface area contributed by atoms with Gasteiger partial charge < -0.3 is 0 Å². The minimum absolute atomic E-state index is 0.0417. The molecule has 1 aliphatic heterocycles. The molecule has 0 N–H and O–H groups in total. The van der Waals surface area contributed by atoms with E-state index in [1.54, 1.807) is 0 Å². The molecule has 4 atom stereocenters. The summed E-state index contributed by atoms with van der Waals surface area (Å²) in [6.45, 7) is 7.93. The van der Waals surface area contributed by atoms with Gasteiger partial charge in [-0.15, -0.1) is 0 Å². The highest BCUT2D eigenvalue weighted by Crippen LogP contribution is 2.75. The fraction of sp³-hybridized carbons (Fsp3) is 0.303. The fourth-order valence-electron chi connectivity index (χ4n) is 7.67. The van der Waals surface area contributed by atoms with Crippen molar-refractivity contribution >= 4 is 34.4 Å². The number of hydrogen-bond donors (Lipinski definition) is 0. The predicted molar refractivity (Wildman–Crippen MR) is 146 cm³/mol. The molecule has 2 bridgehead atoms. The van der Waals surface area contributed by atoms with E-state index < -0.39 is 22.7 Å². The SMILES string of the molecule is CC[C@]12C(=O)[C@@](CC)(C(c3ccccc3)=C1c1ccccc1)[C@@H]1C(=O)N(c3cccc(C)c3C)C(=O)[C@H]12. The average Bonchev–Trinajstić information content (AvgIpc) is 3.42. The van der Waals surface area contributed by atoms with E-state index in [0.29, 0.717) is 18.5 Å². The number of aryl methyl sites for hydroxylation is 1. The van der Waals surface area contributed by atoms with Gasteiger partial charge in [0.15, 0.2) is 5.78 Å². The maximum Gasteiger partial charge on any atom is 0.239 e. The zero-order chi connectivity index (χ0) is 26.1. The highest BCUT2D eigenvalue weighted by atomic mass is 16.2. The van der Waals surface area contributed by atoms with Crippen molar-refractivity contribution in [1.29, 1.82) is 0 Å². The van der Waals surface area contributed by atoms with Crippen LogP contribution < -0.4 is 4.90 Å². The Morgan fingerprint density at radius 3 is 1.54 bits per heavy atom. The maximum atomic E-state index is 14.7. The monoisotopic (exact) mass is 489 g/mol. The first-order chi connectivity index (χ1) is 17.9. The molecule has 3 aliphatic rings. The quantitative estimate of drug-likeness (QED) is 0.389. The molecule has 1 saturated carbocycles. The Hall–Kier alpha value is -3.79. The molecule has 1 heterocycles. The second-order valence-electron chi connectivity index (χ2n) is 10.6. The summed E-state index contributed by atoms with van der Waals surface area (Å²) in [6, 6.07) is 25.7. The highest BCUT2D eigenvalue weighted by Gasteiger charge is 2.80. The molecule has 186 valence electrons. The molecule has 0 radical (unpaired) electrons. The molecule has 37 heavy (non-hydrogen) atoms. The highest BCUT2D eigenvalue weighted by molar-refractivity contribution is 6.34. The third-order valence-corrected chi connectivity index (χ3v) is 9.38. The number of allylic oxidation sites excluding steroid dienone is 2. The molecule has 2 fully saturated rings.